The average Bonchev–Trinajstić information content (AvgIpc) is 3.00. The Bertz CT molecular complexity index is 1720. The monoisotopic (exact) mass is 590 g/mol. The van der Waals surface area contributed by atoms with Gasteiger partial charge in [-0.2, -0.15) is 4.98 Å². The van der Waals surface area contributed by atoms with Gasteiger partial charge in [-0.05, 0) is 30.2 Å². The molecule has 1 aliphatic rings. The lowest BCUT2D eigenvalue weighted by molar-refractivity contribution is 0.122. The number of nitrogens with one attached hydrogen (secondary N) is 2. The van der Waals surface area contributed by atoms with Crippen molar-refractivity contribution in [1.29, 1.82) is 0 Å². The lowest BCUT2D eigenvalue weighted by Gasteiger charge is -2.31. The van der Waals surface area contributed by atoms with Gasteiger partial charge in [-0.25, -0.2) is 13.4 Å². The van der Waals surface area contributed by atoms with E-state index in [4.69, 9.17) is 14.5 Å². The molecular weight excluding hydrogens is 556 g/mol. The van der Waals surface area contributed by atoms with E-state index in [2.05, 4.69) is 50.1 Å². The maximum atomic E-state index is 12.6. The zero-order chi connectivity index (χ0) is 29.9. The molecule has 2 N–H and O–H groups in total. The largest absolute Gasteiger partial charge is 0.494 e. The van der Waals surface area contributed by atoms with Crippen molar-refractivity contribution >= 4 is 61.6 Å². The molecule has 0 bridgehead atoms. The SMILES string of the molecule is C=Cc1cnc(Nc2cc(CC)c(N3CCOCC3)cc2OC)nc1Nc1ccc2nccnc2c1N(C)S(C)(=O)=O. The summed E-state index contributed by atoms with van der Waals surface area (Å²) in [5.41, 5.74) is 5.44. The van der Waals surface area contributed by atoms with Crippen molar-refractivity contribution in [2.75, 3.05) is 66.6 Å². The first-order valence-electron chi connectivity index (χ1n) is 13.5. The van der Waals surface area contributed by atoms with Crippen LogP contribution in [0.5, 0.6) is 5.75 Å². The molecule has 1 fully saturated rings. The van der Waals surface area contributed by atoms with E-state index in [-0.39, 0.29) is 0 Å². The lowest BCUT2D eigenvalue weighted by atomic mass is 10.1. The summed E-state index contributed by atoms with van der Waals surface area (Å²) in [6, 6.07) is 7.61. The second kappa shape index (κ2) is 12.2. The number of methoxy groups -OCH3 is 1. The summed E-state index contributed by atoms with van der Waals surface area (Å²) in [4.78, 5) is 20.3. The van der Waals surface area contributed by atoms with Gasteiger partial charge in [0.2, 0.25) is 16.0 Å². The van der Waals surface area contributed by atoms with Crippen LogP contribution < -0.4 is 24.6 Å². The Morgan fingerprint density at radius 1 is 1.12 bits per heavy atom. The van der Waals surface area contributed by atoms with Gasteiger partial charge in [0.1, 0.15) is 22.8 Å². The van der Waals surface area contributed by atoms with Gasteiger partial charge >= 0.3 is 0 Å². The molecule has 0 unspecified atom stereocenters. The summed E-state index contributed by atoms with van der Waals surface area (Å²) < 4.78 is 37.6. The van der Waals surface area contributed by atoms with E-state index in [1.807, 2.05) is 6.07 Å². The van der Waals surface area contributed by atoms with Gasteiger partial charge in [0, 0.05) is 56.0 Å². The van der Waals surface area contributed by atoms with Gasteiger partial charge in [0.15, 0.2) is 0 Å². The van der Waals surface area contributed by atoms with Crippen LogP contribution in [0.4, 0.5) is 34.5 Å². The van der Waals surface area contributed by atoms with Crippen LogP contribution in [0, 0.1) is 0 Å². The molecule has 13 heteroatoms. The minimum absolute atomic E-state index is 0.321. The molecule has 0 saturated carbocycles. The minimum Gasteiger partial charge on any atom is -0.494 e. The van der Waals surface area contributed by atoms with Gasteiger partial charge in [-0.1, -0.05) is 19.6 Å². The second-order valence-corrected chi connectivity index (χ2v) is 11.7. The predicted molar refractivity (Wildman–Crippen MR) is 167 cm³/mol. The van der Waals surface area contributed by atoms with E-state index < -0.39 is 10.0 Å². The topological polar surface area (TPSA) is 135 Å². The van der Waals surface area contributed by atoms with E-state index in [1.54, 1.807) is 37.7 Å². The van der Waals surface area contributed by atoms with Gasteiger partial charge < -0.3 is 25.0 Å². The summed E-state index contributed by atoms with van der Waals surface area (Å²) in [5.74, 6) is 1.40. The van der Waals surface area contributed by atoms with Crippen molar-refractivity contribution in [3.8, 4) is 5.75 Å². The maximum Gasteiger partial charge on any atom is 0.232 e. The molecule has 5 rings (SSSR count). The fraction of sp³-hybridized carbons (Fsp3) is 0.310. The second-order valence-electron chi connectivity index (χ2n) is 9.70. The Labute approximate surface area is 245 Å². The molecule has 0 radical (unpaired) electrons. The Morgan fingerprint density at radius 3 is 2.57 bits per heavy atom. The van der Waals surface area contributed by atoms with Crippen LogP contribution in [0.1, 0.15) is 18.1 Å². The molecular formula is C29H34N8O4S. The van der Waals surface area contributed by atoms with Crippen molar-refractivity contribution in [2.45, 2.75) is 13.3 Å². The zero-order valence-electron chi connectivity index (χ0n) is 24.1. The number of morpholine rings is 1. The highest BCUT2D eigenvalue weighted by atomic mass is 32.2. The highest BCUT2D eigenvalue weighted by Crippen LogP contribution is 2.38. The number of aromatic nitrogens is 4. The Morgan fingerprint density at radius 2 is 1.88 bits per heavy atom. The van der Waals surface area contributed by atoms with Gasteiger partial charge in [0.25, 0.3) is 0 Å². The molecule has 0 spiro atoms. The number of hydrogen-bond donors (Lipinski definition) is 2. The fourth-order valence-corrected chi connectivity index (χ4v) is 5.34. The van der Waals surface area contributed by atoms with Crippen LogP contribution in [-0.4, -0.2) is 75.1 Å². The van der Waals surface area contributed by atoms with Gasteiger partial charge in [-0.15, -0.1) is 0 Å². The van der Waals surface area contributed by atoms with Crippen molar-refractivity contribution < 1.29 is 17.9 Å². The van der Waals surface area contributed by atoms with Crippen LogP contribution in [0.15, 0.2) is 49.4 Å². The lowest BCUT2D eigenvalue weighted by Crippen LogP contribution is -2.36. The third-order valence-electron chi connectivity index (χ3n) is 7.10. The summed E-state index contributed by atoms with van der Waals surface area (Å²) in [7, 11) is -0.510. The van der Waals surface area contributed by atoms with Crippen LogP contribution in [0.2, 0.25) is 0 Å². The number of benzene rings is 2. The van der Waals surface area contributed by atoms with Crippen molar-refractivity contribution in [3.63, 3.8) is 0 Å². The Balaban J connectivity index is 1.53. The summed E-state index contributed by atoms with van der Waals surface area (Å²) in [6.45, 7) is 9.03. The first-order valence-corrected chi connectivity index (χ1v) is 15.3. The summed E-state index contributed by atoms with van der Waals surface area (Å²) in [5, 5.41) is 6.58. The number of sulfonamides is 1. The van der Waals surface area contributed by atoms with E-state index in [9.17, 15) is 8.42 Å². The minimum atomic E-state index is -3.62. The van der Waals surface area contributed by atoms with Crippen molar-refractivity contribution in [1.82, 2.24) is 19.9 Å². The van der Waals surface area contributed by atoms with Crippen LogP contribution in [-0.2, 0) is 21.2 Å². The summed E-state index contributed by atoms with van der Waals surface area (Å²) in [6.07, 6.45) is 8.31. The number of fused-ring (bicyclic) bond motifs is 1. The molecule has 2 aromatic carbocycles. The molecule has 0 atom stereocenters. The number of rotatable bonds is 10. The third-order valence-corrected chi connectivity index (χ3v) is 8.27. The molecule has 0 amide bonds. The number of ether oxygens (including phenoxy) is 2. The van der Waals surface area contributed by atoms with E-state index >= 15 is 0 Å². The van der Waals surface area contributed by atoms with Crippen molar-refractivity contribution in [2.24, 2.45) is 0 Å². The highest BCUT2D eigenvalue weighted by molar-refractivity contribution is 7.92. The molecule has 2 aromatic heterocycles. The van der Waals surface area contributed by atoms with Crippen molar-refractivity contribution in [3.05, 3.63) is 60.6 Å². The third kappa shape index (κ3) is 5.92. The molecule has 1 aliphatic heterocycles. The molecule has 0 aliphatic carbocycles. The Hall–Kier alpha value is -4.49. The van der Waals surface area contributed by atoms with Crippen LogP contribution in [0.3, 0.4) is 0 Å². The standard InChI is InChI=1S/C29H34N8O4S/c1-6-19-16-23(25(40-4)17-24(19)37-12-14-41-15-13-37)34-29-32-18-20(7-2)28(35-29)33-22-9-8-21-26(31-11-10-30-21)27(22)36(3)42(5,38)39/h7-11,16-18H,2,6,12-15H2,1,3-5H3,(H2,32,33,34,35). The van der Waals surface area contributed by atoms with Gasteiger partial charge in [0.05, 0.1) is 43.5 Å². The maximum absolute atomic E-state index is 12.6. The first kappa shape index (κ1) is 29.0. The molecule has 220 valence electrons. The van der Waals surface area contributed by atoms with Gasteiger partial charge in [-0.3, -0.25) is 14.3 Å². The van der Waals surface area contributed by atoms with E-state index in [0.717, 1.165) is 42.7 Å². The van der Waals surface area contributed by atoms with E-state index in [0.29, 0.717) is 58.7 Å². The molecule has 3 heterocycles. The number of hydrogen-bond acceptors (Lipinski definition) is 11. The van der Waals surface area contributed by atoms with E-state index in [1.165, 1.54) is 17.5 Å². The zero-order valence-corrected chi connectivity index (χ0v) is 24.9. The van der Waals surface area contributed by atoms with Crippen LogP contribution in [0.25, 0.3) is 17.1 Å². The fourth-order valence-electron chi connectivity index (χ4n) is 4.82. The normalized spacial score (nSPS) is 13.6. The molecule has 1 saturated heterocycles. The number of aryl methyl sites for hydroxylation is 1. The smallest absolute Gasteiger partial charge is 0.232 e. The molecule has 4 aromatic rings. The van der Waals surface area contributed by atoms with Crippen LogP contribution >= 0.6 is 0 Å². The predicted octanol–water partition coefficient (Wildman–Crippen LogP) is 4.35. The summed E-state index contributed by atoms with van der Waals surface area (Å²) >= 11 is 0. The molecule has 42 heavy (non-hydrogen) atoms. The number of anilines is 6. The quantitative estimate of drug-likeness (QED) is 0.273. The number of nitrogens with zero attached hydrogens (tertiary/aromatic N) is 6. The Kier molecular flexibility index (Phi) is 8.41. The first-order chi connectivity index (χ1) is 20.2. The molecule has 12 nitrogen and oxygen atoms in total. The average molecular weight is 591 g/mol. The highest BCUT2D eigenvalue weighted by Gasteiger charge is 2.22.